The molecule has 0 fully saturated rings. The second kappa shape index (κ2) is 3.77. The molecule has 1 atom stereocenters. The molecule has 0 spiro atoms. The van der Waals surface area contributed by atoms with Crippen molar-refractivity contribution in [2.45, 2.75) is 13.0 Å². The second-order valence-corrected chi connectivity index (χ2v) is 3.37. The van der Waals surface area contributed by atoms with Crippen LogP contribution in [0.15, 0.2) is 12.1 Å². The molecular formula is C9H12ClN3. The number of nitrogens with two attached hydrogens (primary N) is 2. The summed E-state index contributed by atoms with van der Waals surface area (Å²) >= 11 is 5.81. The van der Waals surface area contributed by atoms with Crippen LogP contribution < -0.4 is 11.5 Å². The summed E-state index contributed by atoms with van der Waals surface area (Å²) in [7, 11) is 0. The monoisotopic (exact) mass is 197 g/mol. The molecule has 13 heavy (non-hydrogen) atoms. The Morgan fingerprint density at radius 1 is 1.54 bits per heavy atom. The van der Waals surface area contributed by atoms with Crippen molar-refractivity contribution in [3.8, 4) is 0 Å². The highest BCUT2D eigenvalue weighted by molar-refractivity contribution is 6.31. The lowest BCUT2D eigenvalue weighted by Gasteiger charge is -2.12. The summed E-state index contributed by atoms with van der Waals surface area (Å²) in [4.78, 5) is 0. The normalized spacial score (nSPS) is 12.5. The molecule has 0 saturated carbocycles. The van der Waals surface area contributed by atoms with E-state index in [0.717, 1.165) is 5.56 Å². The third-order valence-electron chi connectivity index (χ3n) is 1.84. The molecule has 4 heteroatoms. The van der Waals surface area contributed by atoms with Crippen LogP contribution in [0, 0.1) is 5.41 Å². The number of halogens is 1. The smallest absolute Gasteiger partial charge is 0.0430 e. The third kappa shape index (κ3) is 1.99. The fourth-order valence-electron chi connectivity index (χ4n) is 1.20. The predicted molar refractivity (Wildman–Crippen MR) is 56.4 cm³/mol. The van der Waals surface area contributed by atoms with Gasteiger partial charge in [0.05, 0.1) is 0 Å². The summed E-state index contributed by atoms with van der Waals surface area (Å²) in [6.07, 6.45) is 1.20. The zero-order valence-corrected chi connectivity index (χ0v) is 8.10. The molecule has 1 aromatic carbocycles. The second-order valence-electron chi connectivity index (χ2n) is 2.93. The molecule has 0 aliphatic heterocycles. The number of hydrogen-bond acceptors (Lipinski definition) is 3. The molecule has 0 aliphatic rings. The first-order chi connectivity index (χ1) is 6.06. The van der Waals surface area contributed by atoms with Gasteiger partial charge in [-0.2, -0.15) is 0 Å². The molecule has 0 amide bonds. The first kappa shape index (κ1) is 10.0. The molecule has 0 radical (unpaired) electrons. The largest absolute Gasteiger partial charge is 0.398 e. The Morgan fingerprint density at radius 3 is 2.62 bits per heavy atom. The zero-order chi connectivity index (χ0) is 10.0. The van der Waals surface area contributed by atoms with Gasteiger partial charge in [-0.25, -0.2) is 0 Å². The number of hydrogen-bond donors (Lipinski definition) is 3. The number of nitrogens with one attached hydrogen (secondary N) is 1. The molecular weight excluding hydrogens is 186 g/mol. The Bertz CT molecular complexity index is 334. The summed E-state index contributed by atoms with van der Waals surface area (Å²) in [5.41, 5.74) is 13.3. The highest BCUT2D eigenvalue weighted by Crippen LogP contribution is 2.25. The Labute approximate surface area is 82.2 Å². The lowest BCUT2D eigenvalue weighted by molar-refractivity contribution is 0.817. The van der Waals surface area contributed by atoms with Gasteiger partial charge >= 0.3 is 0 Å². The quantitative estimate of drug-likeness (QED) is 0.501. The van der Waals surface area contributed by atoms with Gasteiger partial charge in [-0.15, -0.1) is 0 Å². The third-order valence-corrected chi connectivity index (χ3v) is 2.06. The summed E-state index contributed by atoms with van der Waals surface area (Å²) in [6, 6.07) is 3.19. The van der Waals surface area contributed by atoms with Crippen molar-refractivity contribution in [1.29, 1.82) is 5.41 Å². The van der Waals surface area contributed by atoms with Gasteiger partial charge in [0.1, 0.15) is 0 Å². The average molecular weight is 198 g/mol. The van der Waals surface area contributed by atoms with Crippen molar-refractivity contribution in [3.63, 3.8) is 0 Å². The van der Waals surface area contributed by atoms with Crippen LogP contribution in [0.1, 0.15) is 24.1 Å². The Kier molecular flexibility index (Phi) is 2.90. The molecule has 70 valence electrons. The van der Waals surface area contributed by atoms with Crippen molar-refractivity contribution in [1.82, 2.24) is 0 Å². The van der Waals surface area contributed by atoms with E-state index >= 15 is 0 Å². The van der Waals surface area contributed by atoms with Crippen LogP contribution in [0.3, 0.4) is 0 Å². The van der Waals surface area contributed by atoms with E-state index in [4.69, 9.17) is 28.5 Å². The molecule has 1 unspecified atom stereocenters. The molecule has 3 nitrogen and oxygen atoms in total. The average Bonchev–Trinajstić information content (AvgIpc) is 2.02. The first-order valence-corrected chi connectivity index (χ1v) is 4.29. The van der Waals surface area contributed by atoms with Crippen LogP contribution >= 0.6 is 11.6 Å². The van der Waals surface area contributed by atoms with Gasteiger partial charge in [-0.1, -0.05) is 11.6 Å². The van der Waals surface area contributed by atoms with E-state index in [1.54, 1.807) is 12.1 Å². The van der Waals surface area contributed by atoms with Gasteiger partial charge in [-0.05, 0) is 24.6 Å². The van der Waals surface area contributed by atoms with Crippen LogP contribution in [0.4, 0.5) is 5.69 Å². The van der Waals surface area contributed by atoms with Crippen LogP contribution in [0.25, 0.3) is 0 Å². The van der Waals surface area contributed by atoms with Crippen molar-refractivity contribution in [2.75, 3.05) is 5.73 Å². The molecule has 1 aromatic rings. The summed E-state index contributed by atoms with van der Waals surface area (Å²) in [5, 5.41) is 7.74. The van der Waals surface area contributed by atoms with Gasteiger partial charge in [0, 0.05) is 28.5 Å². The van der Waals surface area contributed by atoms with Crippen LogP contribution in [0.2, 0.25) is 5.02 Å². The van der Waals surface area contributed by atoms with Crippen molar-refractivity contribution in [3.05, 3.63) is 28.3 Å². The van der Waals surface area contributed by atoms with E-state index in [0.29, 0.717) is 16.3 Å². The highest BCUT2D eigenvalue weighted by Gasteiger charge is 2.09. The van der Waals surface area contributed by atoms with E-state index < -0.39 is 0 Å². The lowest BCUT2D eigenvalue weighted by atomic mass is 10.0. The van der Waals surface area contributed by atoms with Crippen molar-refractivity contribution < 1.29 is 0 Å². The minimum atomic E-state index is -0.169. The number of nitrogen functional groups attached to an aromatic ring is 1. The Balaban J connectivity index is 3.38. The van der Waals surface area contributed by atoms with Gasteiger partial charge in [-0.3, -0.25) is 0 Å². The Morgan fingerprint density at radius 2 is 2.15 bits per heavy atom. The minimum absolute atomic E-state index is 0.169. The zero-order valence-electron chi connectivity index (χ0n) is 7.34. The van der Waals surface area contributed by atoms with Gasteiger partial charge in [0.15, 0.2) is 0 Å². The molecule has 0 aromatic heterocycles. The van der Waals surface area contributed by atoms with E-state index in [-0.39, 0.29) is 6.04 Å². The van der Waals surface area contributed by atoms with Gasteiger partial charge in [0.25, 0.3) is 0 Å². The fraction of sp³-hybridized carbons (Fsp3) is 0.222. The van der Waals surface area contributed by atoms with E-state index in [2.05, 4.69) is 0 Å². The van der Waals surface area contributed by atoms with Crippen molar-refractivity contribution >= 4 is 23.5 Å². The topological polar surface area (TPSA) is 75.9 Å². The number of anilines is 1. The Hall–Kier alpha value is -1.06. The molecule has 0 aliphatic carbocycles. The van der Waals surface area contributed by atoms with E-state index in [1.165, 1.54) is 6.21 Å². The van der Waals surface area contributed by atoms with Crippen LogP contribution in [-0.4, -0.2) is 6.21 Å². The number of rotatable bonds is 2. The highest BCUT2D eigenvalue weighted by atomic mass is 35.5. The summed E-state index contributed by atoms with van der Waals surface area (Å²) < 4.78 is 0. The summed E-state index contributed by atoms with van der Waals surface area (Å²) in [5.74, 6) is 0. The maximum atomic E-state index is 7.19. The first-order valence-electron chi connectivity index (χ1n) is 3.91. The number of benzene rings is 1. The molecule has 1 rings (SSSR count). The summed E-state index contributed by atoms with van der Waals surface area (Å²) in [6.45, 7) is 1.83. The van der Waals surface area contributed by atoms with Crippen LogP contribution in [-0.2, 0) is 0 Å². The van der Waals surface area contributed by atoms with Gasteiger partial charge < -0.3 is 16.9 Å². The van der Waals surface area contributed by atoms with Gasteiger partial charge in [0.2, 0.25) is 0 Å². The standard InChI is InChI=1S/C9H12ClN3/c1-5(12)7-2-6(10)3-9(13)8(7)4-11/h2-5,11H,12-13H2,1H3. The minimum Gasteiger partial charge on any atom is -0.398 e. The van der Waals surface area contributed by atoms with E-state index in [9.17, 15) is 0 Å². The predicted octanol–water partition coefficient (Wildman–Crippen LogP) is 1.94. The molecule has 0 heterocycles. The molecule has 0 bridgehead atoms. The fourth-order valence-corrected chi connectivity index (χ4v) is 1.44. The van der Waals surface area contributed by atoms with Crippen LogP contribution in [0.5, 0.6) is 0 Å². The van der Waals surface area contributed by atoms with Crippen molar-refractivity contribution in [2.24, 2.45) is 5.73 Å². The molecule has 0 saturated heterocycles. The molecule has 5 N–H and O–H groups in total. The SMILES string of the molecule is CC(N)c1cc(Cl)cc(N)c1C=N. The van der Waals surface area contributed by atoms with E-state index in [1.807, 2.05) is 6.92 Å². The lowest BCUT2D eigenvalue weighted by Crippen LogP contribution is -2.10. The maximum absolute atomic E-state index is 7.19. The maximum Gasteiger partial charge on any atom is 0.0430 e.